The van der Waals surface area contributed by atoms with E-state index in [9.17, 15) is 0 Å². The second kappa shape index (κ2) is 4.89. The molecule has 0 spiro atoms. The van der Waals surface area contributed by atoms with E-state index in [0.717, 1.165) is 12.2 Å². The van der Waals surface area contributed by atoms with Gasteiger partial charge in [-0.05, 0) is 29.0 Å². The topological polar surface area (TPSA) is 61.8 Å². The summed E-state index contributed by atoms with van der Waals surface area (Å²) in [5, 5.41) is 12.3. The number of anilines is 2. The van der Waals surface area contributed by atoms with Crippen molar-refractivity contribution in [2.75, 3.05) is 17.6 Å². The highest BCUT2D eigenvalue weighted by molar-refractivity contribution is 5.68. The van der Waals surface area contributed by atoms with Crippen molar-refractivity contribution in [3.8, 4) is 6.07 Å². The van der Waals surface area contributed by atoms with Crippen LogP contribution in [0.5, 0.6) is 0 Å². The van der Waals surface area contributed by atoms with Gasteiger partial charge in [0.15, 0.2) is 0 Å². The molecule has 0 radical (unpaired) electrons. The highest BCUT2D eigenvalue weighted by Crippen LogP contribution is 2.38. The van der Waals surface area contributed by atoms with Crippen LogP contribution in [0.4, 0.5) is 11.4 Å². The van der Waals surface area contributed by atoms with E-state index in [0.29, 0.717) is 11.3 Å². The SMILES string of the molecule is CC(C)(C)C(C)(C)CNc1cc(C#N)ccc1N. The minimum Gasteiger partial charge on any atom is -0.397 e. The maximum atomic E-state index is 8.89. The zero-order valence-electron chi connectivity index (χ0n) is 12.0. The Hall–Kier alpha value is -1.69. The molecule has 0 saturated heterocycles. The maximum Gasteiger partial charge on any atom is 0.0992 e. The van der Waals surface area contributed by atoms with E-state index in [1.165, 1.54) is 0 Å². The predicted molar refractivity (Wildman–Crippen MR) is 77.3 cm³/mol. The van der Waals surface area contributed by atoms with Crippen molar-refractivity contribution < 1.29 is 0 Å². The molecule has 0 aliphatic heterocycles. The molecule has 3 N–H and O–H groups in total. The third-order valence-corrected chi connectivity index (χ3v) is 3.93. The summed E-state index contributed by atoms with van der Waals surface area (Å²) in [6.07, 6.45) is 0. The van der Waals surface area contributed by atoms with Crippen LogP contribution in [0.2, 0.25) is 0 Å². The molecule has 3 heteroatoms. The molecular weight excluding hydrogens is 222 g/mol. The molecule has 0 saturated carbocycles. The molecule has 0 aromatic heterocycles. The molecule has 18 heavy (non-hydrogen) atoms. The van der Waals surface area contributed by atoms with Crippen LogP contribution in [-0.4, -0.2) is 6.54 Å². The Balaban J connectivity index is 2.84. The van der Waals surface area contributed by atoms with Gasteiger partial charge in [-0.25, -0.2) is 0 Å². The van der Waals surface area contributed by atoms with Crippen molar-refractivity contribution in [1.29, 1.82) is 5.26 Å². The normalized spacial score (nSPS) is 12.0. The van der Waals surface area contributed by atoms with E-state index in [4.69, 9.17) is 11.0 Å². The molecule has 0 aliphatic carbocycles. The first-order valence-electron chi connectivity index (χ1n) is 6.21. The van der Waals surface area contributed by atoms with Crippen molar-refractivity contribution in [2.45, 2.75) is 34.6 Å². The molecule has 0 unspecified atom stereocenters. The summed E-state index contributed by atoms with van der Waals surface area (Å²) >= 11 is 0. The van der Waals surface area contributed by atoms with E-state index in [1.807, 2.05) is 0 Å². The number of nitrogens with one attached hydrogen (secondary N) is 1. The van der Waals surface area contributed by atoms with Crippen LogP contribution in [-0.2, 0) is 0 Å². The third kappa shape index (κ3) is 3.16. The number of nitrogens with two attached hydrogens (primary N) is 1. The summed E-state index contributed by atoms with van der Waals surface area (Å²) in [7, 11) is 0. The average Bonchev–Trinajstić information content (AvgIpc) is 2.26. The molecule has 0 fully saturated rings. The lowest BCUT2D eigenvalue weighted by molar-refractivity contribution is 0.148. The Morgan fingerprint density at radius 1 is 1.22 bits per heavy atom. The monoisotopic (exact) mass is 245 g/mol. The van der Waals surface area contributed by atoms with Crippen LogP contribution in [0.3, 0.4) is 0 Å². The molecule has 0 amide bonds. The molecule has 1 aromatic carbocycles. The van der Waals surface area contributed by atoms with Crippen LogP contribution < -0.4 is 11.1 Å². The summed E-state index contributed by atoms with van der Waals surface area (Å²) in [5.41, 5.74) is 8.38. The molecule has 98 valence electrons. The van der Waals surface area contributed by atoms with Crippen molar-refractivity contribution in [2.24, 2.45) is 10.8 Å². The molecule has 3 nitrogen and oxygen atoms in total. The molecular formula is C15H23N3. The van der Waals surface area contributed by atoms with Crippen LogP contribution in [0.1, 0.15) is 40.2 Å². The minimum atomic E-state index is 0.127. The first kappa shape index (κ1) is 14.4. The molecule has 0 bridgehead atoms. The zero-order chi connectivity index (χ0) is 14.0. The van der Waals surface area contributed by atoms with E-state index in [-0.39, 0.29) is 10.8 Å². The molecule has 1 rings (SSSR count). The second-order valence-corrected chi connectivity index (χ2v) is 6.40. The number of nitriles is 1. The van der Waals surface area contributed by atoms with Crippen molar-refractivity contribution in [3.05, 3.63) is 23.8 Å². The highest BCUT2D eigenvalue weighted by atomic mass is 14.9. The van der Waals surface area contributed by atoms with Gasteiger partial charge in [0.2, 0.25) is 0 Å². The zero-order valence-corrected chi connectivity index (χ0v) is 12.0. The van der Waals surface area contributed by atoms with Gasteiger partial charge in [0.05, 0.1) is 23.0 Å². The van der Waals surface area contributed by atoms with E-state index >= 15 is 0 Å². The summed E-state index contributed by atoms with van der Waals surface area (Å²) in [5.74, 6) is 0. The number of nitrogens with zero attached hydrogens (tertiary/aromatic N) is 1. The fraction of sp³-hybridized carbons (Fsp3) is 0.533. The summed E-state index contributed by atoms with van der Waals surface area (Å²) in [6.45, 7) is 11.9. The number of rotatable bonds is 3. The van der Waals surface area contributed by atoms with E-state index < -0.39 is 0 Å². The summed E-state index contributed by atoms with van der Waals surface area (Å²) in [6, 6.07) is 7.43. The Labute approximate surface area is 110 Å². The third-order valence-electron chi connectivity index (χ3n) is 3.93. The Bertz CT molecular complexity index is 462. The molecule has 1 aromatic rings. The average molecular weight is 245 g/mol. The quantitative estimate of drug-likeness (QED) is 0.799. The number of nitrogen functional groups attached to an aromatic ring is 1. The Morgan fingerprint density at radius 2 is 1.83 bits per heavy atom. The van der Waals surface area contributed by atoms with Gasteiger partial charge in [-0.1, -0.05) is 34.6 Å². The Morgan fingerprint density at radius 3 is 2.33 bits per heavy atom. The Kier molecular flexibility index (Phi) is 3.91. The van der Waals surface area contributed by atoms with Crippen LogP contribution in [0.15, 0.2) is 18.2 Å². The van der Waals surface area contributed by atoms with Gasteiger partial charge in [0, 0.05) is 6.54 Å². The largest absolute Gasteiger partial charge is 0.397 e. The van der Waals surface area contributed by atoms with Gasteiger partial charge in [-0.2, -0.15) is 5.26 Å². The van der Waals surface area contributed by atoms with E-state index in [1.54, 1.807) is 18.2 Å². The minimum absolute atomic E-state index is 0.127. The first-order valence-corrected chi connectivity index (χ1v) is 6.21. The summed E-state index contributed by atoms with van der Waals surface area (Å²) in [4.78, 5) is 0. The molecule has 0 atom stereocenters. The van der Waals surface area contributed by atoms with Crippen molar-refractivity contribution >= 4 is 11.4 Å². The van der Waals surface area contributed by atoms with Gasteiger partial charge in [-0.3, -0.25) is 0 Å². The standard InChI is InChI=1S/C15H23N3/c1-14(2,3)15(4,5)10-18-13-8-11(9-16)6-7-12(13)17/h6-8,18H,10,17H2,1-5H3. The van der Waals surface area contributed by atoms with Crippen LogP contribution in [0, 0.1) is 22.2 Å². The van der Waals surface area contributed by atoms with Crippen molar-refractivity contribution in [1.82, 2.24) is 0 Å². The van der Waals surface area contributed by atoms with E-state index in [2.05, 4.69) is 46.0 Å². The smallest absolute Gasteiger partial charge is 0.0992 e. The first-order chi connectivity index (χ1) is 8.17. The van der Waals surface area contributed by atoms with Gasteiger partial charge in [0.25, 0.3) is 0 Å². The molecule has 0 heterocycles. The fourth-order valence-corrected chi connectivity index (χ4v) is 1.36. The summed E-state index contributed by atoms with van der Waals surface area (Å²) < 4.78 is 0. The fourth-order valence-electron chi connectivity index (χ4n) is 1.36. The van der Waals surface area contributed by atoms with Gasteiger partial charge in [0.1, 0.15) is 0 Å². The van der Waals surface area contributed by atoms with Gasteiger partial charge < -0.3 is 11.1 Å². The lowest BCUT2D eigenvalue weighted by Gasteiger charge is -2.39. The predicted octanol–water partition coefficient (Wildman–Crippen LogP) is 3.62. The lowest BCUT2D eigenvalue weighted by atomic mass is 9.69. The number of hydrogen-bond donors (Lipinski definition) is 2. The van der Waals surface area contributed by atoms with Crippen molar-refractivity contribution in [3.63, 3.8) is 0 Å². The van der Waals surface area contributed by atoms with Gasteiger partial charge >= 0.3 is 0 Å². The number of hydrogen-bond acceptors (Lipinski definition) is 3. The number of benzene rings is 1. The molecule has 0 aliphatic rings. The lowest BCUT2D eigenvalue weighted by Crippen LogP contribution is -2.36. The highest BCUT2D eigenvalue weighted by Gasteiger charge is 2.32. The van der Waals surface area contributed by atoms with Crippen LogP contribution >= 0.6 is 0 Å². The van der Waals surface area contributed by atoms with Crippen LogP contribution in [0.25, 0.3) is 0 Å². The maximum absolute atomic E-state index is 8.89. The van der Waals surface area contributed by atoms with Gasteiger partial charge in [-0.15, -0.1) is 0 Å². The second-order valence-electron chi connectivity index (χ2n) is 6.40.